The van der Waals surface area contributed by atoms with Gasteiger partial charge in [0.2, 0.25) is 0 Å². The van der Waals surface area contributed by atoms with E-state index in [1.54, 1.807) is 0 Å². The smallest absolute Gasteiger partial charge is 0.309 e. The highest BCUT2D eigenvalue weighted by atomic mass is 16.5. The zero-order chi connectivity index (χ0) is 11.5. The molecule has 0 spiro atoms. The zero-order valence-corrected chi connectivity index (χ0v) is 9.49. The lowest BCUT2D eigenvalue weighted by Crippen LogP contribution is -2.04. The summed E-state index contributed by atoms with van der Waals surface area (Å²) >= 11 is 0. The van der Waals surface area contributed by atoms with Crippen molar-refractivity contribution in [1.29, 1.82) is 0 Å². The van der Waals surface area contributed by atoms with Crippen molar-refractivity contribution in [2.24, 2.45) is 0 Å². The molecule has 16 heavy (non-hydrogen) atoms. The fourth-order valence-corrected chi connectivity index (χ4v) is 1.85. The van der Waals surface area contributed by atoms with Crippen molar-refractivity contribution in [3.05, 3.63) is 47.5 Å². The van der Waals surface area contributed by atoms with E-state index in [0.29, 0.717) is 6.42 Å². The molecule has 0 heterocycles. The first-order chi connectivity index (χ1) is 7.70. The Labute approximate surface area is 94.8 Å². The Morgan fingerprint density at radius 2 is 2.06 bits per heavy atom. The molecule has 0 bridgehead atoms. The number of fused-ring (bicyclic) bond motifs is 1. The molecule has 0 aromatic heterocycles. The van der Waals surface area contributed by atoms with Gasteiger partial charge in [-0.2, -0.15) is 0 Å². The van der Waals surface area contributed by atoms with Gasteiger partial charge in [0.05, 0.1) is 13.5 Å². The minimum absolute atomic E-state index is 0.201. The van der Waals surface area contributed by atoms with Gasteiger partial charge in [-0.1, -0.05) is 42.0 Å². The SMILES string of the molecule is COC(=O)Cc1cccc2cc(C)ccc12. The number of esters is 1. The van der Waals surface area contributed by atoms with Gasteiger partial charge in [0.15, 0.2) is 0 Å². The van der Waals surface area contributed by atoms with Gasteiger partial charge in [-0.3, -0.25) is 4.79 Å². The third kappa shape index (κ3) is 2.06. The predicted molar refractivity (Wildman–Crippen MR) is 64.4 cm³/mol. The first-order valence-corrected chi connectivity index (χ1v) is 5.26. The lowest BCUT2D eigenvalue weighted by atomic mass is 10.0. The molecule has 82 valence electrons. The molecule has 0 aliphatic rings. The largest absolute Gasteiger partial charge is 0.469 e. The summed E-state index contributed by atoms with van der Waals surface area (Å²) in [4.78, 5) is 11.3. The Morgan fingerprint density at radius 1 is 1.25 bits per heavy atom. The summed E-state index contributed by atoms with van der Waals surface area (Å²) in [5.41, 5.74) is 2.24. The number of aryl methyl sites for hydroxylation is 1. The zero-order valence-electron chi connectivity index (χ0n) is 9.49. The maximum atomic E-state index is 11.3. The van der Waals surface area contributed by atoms with Crippen LogP contribution in [-0.2, 0) is 16.0 Å². The van der Waals surface area contributed by atoms with Crippen molar-refractivity contribution in [3.8, 4) is 0 Å². The topological polar surface area (TPSA) is 26.3 Å². The minimum Gasteiger partial charge on any atom is -0.469 e. The molecule has 0 N–H and O–H groups in total. The quantitative estimate of drug-likeness (QED) is 0.718. The van der Waals surface area contributed by atoms with Crippen molar-refractivity contribution in [2.75, 3.05) is 7.11 Å². The molecule has 0 aliphatic carbocycles. The summed E-state index contributed by atoms with van der Waals surface area (Å²) in [6.07, 6.45) is 0.330. The number of carbonyl (C=O) groups is 1. The van der Waals surface area contributed by atoms with E-state index in [4.69, 9.17) is 0 Å². The number of rotatable bonds is 2. The average Bonchev–Trinajstić information content (AvgIpc) is 2.28. The predicted octanol–water partition coefficient (Wildman–Crippen LogP) is 2.86. The normalized spacial score (nSPS) is 10.4. The third-order valence-corrected chi connectivity index (χ3v) is 2.69. The molecule has 0 saturated heterocycles. The molecular weight excluding hydrogens is 200 g/mol. The van der Waals surface area contributed by atoms with Crippen LogP contribution in [0.2, 0.25) is 0 Å². The van der Waals surface area contributed by atoms with E-state index in [-0.39, 0.29) is 5.97 Å². The Morgan fingerprint density at radius 3 is 2.81 bits per heavy atom. The van der Waals surface area contributed by atoms with E-state index in [1.165, 1.54) is 18.1 Å². The highest BCUT2D eigenvalue weighted by Gasteiger charge is 2.06. The van der Waals surface area contributed by atoms with Gasteiger partial charge in [0.1, 0.15) is 0 Å². The first-order valence-electron chi connectivity index (χ1n) is 5.26. The molecule has 2 nitrogen and oxygen atoms in total. The van der Waals surface area contributed by atoms with Crippen LogP contribution in [0, 0.1) is 6.92 Å². The number of benzene rings is 2. The van der Waals surface area contributed by atoms with E-state index in [1.807, 2.05) is 12.1 Å². The molecule has 2 aromatic rings. The van der Waals surface area contributed by atoms with Gasteiger partial charge in [-0.25, -0.2) is 0 Å². The summed E-state index contributed by atoms with van der Waals surface area (Å²) in [5.74, 6) is -0.201. The average molecular weight is 214 g/mol. The summed E-state index contributed by atoms with van der Waals surface area (Å²) in [7, 11) is 1.41. The highest BCUT2D eigenvalue weighted by molar-refractivity contribution is 5.89. The molecular formula is C14H14O2. The van der Waals surface area contributed by atoms with Gasteiger partial charge in [0, 0.05) is 0 Å². The maximum absolute atomic E-state index is 11.3. The Balaban J connectivity index is 2.49. The number of methoxy groups -OCH3 is 1. The summed E-state index contributed by atoms with van der Waals surface area (Å²) < 4.78 is 4.69. The van der Waals surface area contributed by atoms with E-state index in [0.717, 1.165) is 10.9 Å². The van der Waals surface area contributed by atoms with Crippen LogP contribution in [0.15, 0.2) is 36.4 Å². The van der Waals surface area contributed by atoms with Crippen LogP contribution in [0.25, 0.3) is 10.8 Å². The molecule has 2 rings (SSSR count). The molecule has 0 saturated carbocycles. The van der Waals surface area contributed by atoms with Crippen LogP contribution < -0.4 is 0 Å². The molecule has 0 radical (unpaired) electrons. The Bertz CT molecular complexity index is 529. The summed E-state index contributed by atoms with van der Waals surface area (Å²) in [6, 6.07) is 12.2. The van der Waals surface area contributed by atoms with Crippen molar-refractivity contribution >= 4 is 16.7 Å². The van der Waals surface area contributed by atoms with Crippen molar-refractivity contribution in [3.63, 3.8) is 0 Å². The second-order valence-corrected chi connectivity index (χ2v) is 3.89. The molecule has 0 unspecified atom stereocenters. The molecule has 0 aliphatic heterocycles. The molecule has 0 fully saturated rings. The van der Waals surface area contributed by atoms with E-state index in [2.05, 4.69) is 35.9 Å². The summed E-state index contributed by atoms with van der Waals surface area (Å²) in [6.45, 7) is 2.06. The van der Waals surface area contributed by atoms with Crippen molar-refractivity contribution in [2.45, 2.75) is 13.3 Å². The third-order valence-electron chi connectivity index (χ3n) is 2.69. The monoisotopic (exact) mass is 214 g/mol. The number of carbonyl (C=O) groups excluding carboxylic acids is 1. The van der Waals surface area contributed by atoms with Crippen LogP contribution >= 0.6 is 0 Å². The van der Waals surface area contributed by atoms with E-state index in [9.17, 15) is 4.79 Å². The number of hydrogen-bond acceptors (Lipinski definition) is 2. The Kier molecular flexibility index (Phi) is 2.91. The lowest BCUT2D eigenvalue weighted by Gasteiger charge is -2.06. The standard InChI is InChI=1S/C14H14O2/c1-10-6-7-13-11(8-10)4-3-5-12(13)9-14(15)16-2/h3-8H,9H2,1-2H3. The lowest BCUT2D eigenvalue weighted by molar-refractivity contribution is -0.139. The van der Waals surface area contributed by atoms with Crippen LogP contribution in [0.5, 0.6) is 0 Å². The second kappa shape index (κ2) is 4.35. The van der Waals surface area contributed by atoms with Crippen LogP contribution in [-0.4, -0.2) is 13.1 Å². The van der Waals surface area contributed by atoms with E-state index >= 15 is 0 Å². The molecule has 2 aromatic carbocycles. The van der Waals surface area contributed by atoms with E-state index < -0.39 is 0 Å². The fourth-order valence-electron chi connectivity index (χ4n) is 1.85. The highest BCUT2D eigenvalue weighted by Crippen LogP contribution is 2.20. The second-order valence-electron chi connectivity index (χ2n) is 3.89. The van der Waals surface area contributed by atoms with Gasteiger partial charge < -0.3 is 4.74 Å². The fraction of sp³-hybridized carbons (Fsp3) is 0.214. The number of ether oxygens (including phenoxy) is 1. The van der Waals surface area contributed by atoms with Gasteiger partial charge in [-0.15, -0.1) is 0 Å². The number of hydrogen-bond donors (Lipinski definition) is 0. The van der Waals surface area contributed by atoms with Crippen molar-refractivity contribution < 1.29 is 9.53 Å². The molecule has 0 atom stereocenters. The minimum atomic E-state index is -0.201. The summed E-state index contributed by atoms with van der Waals surface area (Å²) in [5, 5.41) is 2.29. The van der Waals surface area contributed by atoms with Gasteiger partial charge >= 0.3 is 5.97 Å². The van der Waals surface area contributed by atoms with Crippen LogP contribution in [0.3, 0.4) is 0 Å². The van der Waals surface area contributed by atoms with Crippen LogP contribution in [0.1, 0.15) is 11.1 Å². The molecule has 0 amide bonds. The first kappa shape index (κ1) is 10.7. The molecule has 2 heteroatoms. The maximum Gasteiger partial charge on any atom is 0.309 e. The van der Waals surface area contributed by atoms with Crippen molar-refractivity contribution in [1.82, 2.24) is 0 Å². The van der Waals surface area contributed by atoms with Gasteiger partial charge in [0.25, 0.3) is 0 Å². The Hall–Kier alpha value is -1.83. The van der Waals surface area contributed by atoms with Crippen LogP contribution in [0.4, 0.5) is 0 Å². The van der Waals surface area contributed by atoms with Gasteiger partial charge in [-0.05, 0) is 23.3 Å².